The Morgan fingerprint density at radius 2 is 1.05 bits per heavy atom. The molecule has 21 heavy (non-hydrogen) atoms. The van der Waals surface area contributed by atoms with Crippen LogP contribution in [-0.4, -0.2) is 18.7 Å². The fraction of sp³-hybridized carbons (Fsp3) is 0.938. The van der Waals surface area contributed by atoms with E-state index in [1.807, 2.05) is 0 Å². The van der Waals surface area contributed by atoms with Crippen LogP contribution >= 0.6 is 0 Å². The Labute approximate surface area is 155 Å². The van der Waals surface area contributed by atoms with E-state index in [0.717, 1.165) is 6.42 Å². The number of hydrogen-bond donors (Lipinski definition) is 1. The average molecular weight is 331 g/mol. The molecule has 0 amide bonds. The van der Waals surface area contributed by atoms with Gasteiger partial charge in [-0.05, 0) is 6.92 Å². The smallest absolute Gasteiger partial charge is 0.343 e. The van der Waals surface area contributed by atoms with Crippen molar-refractivity contribution in [2.24, 2.45) is 0 Å². The molecule has 124 valence electrons. The standard InChI is InChI=1S/C14H29.C2H6O3S.Na/c1-3-5-7-9-11-13-14-12-10-8-6-4-2;1-2-6(3,4)5;/h1,3-14H2,2H3;2H2,1H3,(H,3,4,5);/q-1;;+1. The maximum absolute atomic E-state index is 9.56. The molecule has 0 fully saturated rings. The molecular weight excluding hydrogens is 295 g/mol. The van der Waals surface area contributed by atoms with Crippen LogP contribution in [0.3, 0.4) is 0 Å². The van der Waals surface area contributed by atoms with Crippen molar-refractivity contribution in [3.63, 3.8) is 0 Å². The van der Waals surface area contributed by atoms with Gasteiger partial charge in [0.05, 0.1) is 5.75 Å². The van der Waals surface area contributed by atoms with Crippen LogP contribution in [-0.2, 0) is 10.1 Å². The van der Waals surface area contributed by atoms with Gasteiger partial charge in [-0.2, -0.15) is 14.8 Å². The molecular formula is C16H35NaO3S. The Morgan fingerprint density at radius 1 is 0.762 bits per heavy atom. The Morgan fingerprint density at radius 3 is 1.29 bits per heavy atom. The molecule has 0 aromatic rings. The molecule has 0 spiro atoms. The maximum Gasteiger partial charge on any atom is 1.00 e. The average Bonchev–Trinajstić information content (AvgIpc) is 2.41. The molecule has 0 saturated heterocycles. The molecule has 0 rings (SSSR count). The monoisotopic (exact) mass is 330 g/mol. The van der Waals surface area contributed by atoms with E-state index in [1.165, 1.54) is 77.6 Å². The summed E-state index contributed by atoms with van der Waals surface area (Å²) >= 11 is 0. The predicted octanol–water partition coefficient (Wildman–Crippen LogP) is 2.42. The van der Waals surface area contributed by atoms with Crippen molar-refractivity contribution in [1.29, 1.82) is 0 Å². The van der Waals surface area contributed by atoms with Crippen LogP contribution in [0.25, 0.3) is 0 Å². The van der Waals surface area contributed by atoms with Gasteiger partial charge < -0.3 is 6.92 Å². The van der Waals surface area contributed by atoms with E-state index in [-0.39, 0.29) is 35.3 Å². The van der Waals surface area contributed by atoms with Gasteiger partial charge in [0.1, 0.15) is 0 Å². The molecule has 5 heteroatoms. The van der Waals surface area contributed by atoms with Gasteiger partial charge in [-0.15, -0.1) is 0 Å². The summed E-state index contributed by atoms with van der Waals surface area (Å²) in [7, 11) is -3.66. The summed E-state index contributed by atoms with van der Waals surface area (Å²) < 4.78 is 26.9. The van der Waals surface area contributed by atoms with Gasteiger partial charge >= 0.3 is 29.6 Å². The van der Waals surface area contributed by atoms with Crippen molar-refractivity contribution in [3.05, 3.63) is 6.92 Å². The van der Waals surface area contributed by atoms with Crippen molar-refractivity contribution in [2.45, 2.75) is 90.9 Å². The molecule has 0 aliphatic heterocycles. The second-order valence-corrected chi connectivity index (χ2v) is 7.00. The summed E-state index contributed by atoms with van der Waals surface area (Å²) in [5.41, 5.74) is 0. The predicted molar refractivity (Wildman–Crippen MR) is 88.5 cm³/mol. The third-order valence-corrected chi connectivity index (χ3v) is 3.95. The summed E-state index contributed by atoms with van der Waals surface area (Å²) in [6, 6.07) is 0. The van der Waals surface area contributed by atoms with Gasteiger partial charge in [0, 0.05) is 0 Å². The zero-order valence-corrected chi connectivity index (χ0v) is 17.4. The summed E-state index contributed by atoms with van der Waals surface area (Å²) in [5, 5.41) is 0. The number of unbranched alkanes of at least 4 members (excludes halogenated alkanes) is 11. The fourth-order valence-electron chi connectivity index (χ4n) is 1.84. The normalized spacial score (nSPS) is 10.5. The van der Waals surface area contributed by atoms with Gasteiger partial charge in [0.25, 0.3) is 10.1 Å². The van der Waals surface area contributed by atoms with E-state index in [0.29, 0.717) is 0 Å². The van der Waals surface area contributed by atoms with Crippen LogP contribution in [0.2, 0.25) is 0 Å². The van der Waals surface area contributed by atoms with E-state index in [2.05, 4.69) is 13.8 Å². The van der Waals surface area contributed by atoms with Crippen molar-refractivity contribution >= 4 is 10.1 Å². The first-order valence-corrected chi connectivity index (χ1v) is 9.83. The minimum absolute atomic E-state index is 0. The first kappa shape index (κ1) is 26.8. The summed E-state index contributed by atoms with van der Waals surface area (Å²) in [6.07, 6.45) is 16.9. The molecule has 3 nitrogen and oxygen atoms in total. The van der Waals surface area contributed by atoms with Gasteiger partial charge in [0.2, 0.25) is 0 Å². The van der Waals surface area contributed by atoms with Crippen molar-refractivity contribution in [2.75, 3.05) is 5.75 Å². The molecule has 0 aliphatic carbocycles. The zero-order chi connectivity index (χ0) is 15.7. The summed E-state index contributed by atoms with van der Waals surface area (Å²) in [6.45, 7) is 7.51. The minimum atomic E-state index is -3.66. The quantitative estimate of drug-likeness (QED) is 0.259. The van der Waals surface area contributed by atoms with Crippen LogP contribution in [0.5, 0.6) is 0 Å². The Hall–Kier alpha value is 0.910. The van der Waals surface area contributed by atoms with E-state index >= 15 is 0 Å². The molecule has 0 saturated carbocycles. The van der Waals surface area contributed by atoms with Crippen LogP contribution in [0, 0.1) is 6.92 Å². The molecule has 0 aromatic carbocycles. The second kappa shape index (κ2) is 20.9. The van der Waals surface area contributed by atoms with Gasteiger partial charge in [-0.25, -0.2) is 0 Å². The van der Waals surface area contributed by atoms with Gasteiger partial charge in [0.15, 0.2) is 0 Å². The third kappa shape index (κ3) is 33.6. The molecule has 0 radical (unpaired) electrons. The third-order valence-electron chi connectivity index (χ3n) is 3.22. The van der Waals surface area contributed by atoms with Crippen molar-refractivity contribution in [1.82, 2.24) is 0 Å². The first-order chi connectivity index (χ1) is 9.47. The molecule has 0 bridgehead atoms. The van der Waals surface area contributed by atoms with Gasteiger partial charge in [-0.1, -0.05) is 77.6 Å². The second-order valence-electron chi connectivity index (χ2n) is 5.26. The van der Waals surface area contributed by atoms with Gasteiger partial charge in [-0.3, -0.25) is 4.55 Å². The maximum atomic E-state index is 9.56. The summed E-state index contributed by atoms with van der Waals surface area (Å²) in [5.74, 6) is -0.201. The largest absolute Gasteiger partial charge is 1.00 e. The molecule has 0 atom stereocenters. The number of hydrogen-bond acceptors (Lipinski definition) is 2. The van der Waals surface area contributed by atoms with Crippen molar-refractivity contribution in [3.8, 4) is 0 Å². The molecule has 0 aromatic heterocycles. The van der Waals surface area contributed by atoms with Crippen LogP contribution < -0.4 is 29.6 Å². The Balaban J connectivity index is -0.000000394. The first-order valence-electron chi connectivity index (χ1n) is 8.22. The number of rotatable bonds is 12. The Bertz CT molecular complexity index is 255. The molecule has 0 unspecified atom stereocenters. The SMILES string of the molecule is CCS(=O)(=O)O.[CH2-]CCCCCCCCCCCCC.[Na+]. The fourth-order valence-corrected chi connectivity index (χ4v) is 1.84. The molecule has 1 N–H and O–H groups in total. The topological polar surface area (TPSA) is 54.4 Å². The zero-order valence-electron chi connectivity index (χ0n) is 14.6. The van der Waals surface area contributed by atoms with Crippen LogP contribution in [0.4, 0.5) is 0 Å². The molecule has 0 aliphatic rings. The van der Waals surface area contributed by atoms with Crippen LogP contribution in [0.1, 0.15) is 90.9 Å². The van der Waals surface area contributed by atoms with E-state index in [9.17, 15) is 8.42 Å². The van der Waals surface area contributed by atoms with E-state index in [1.54, 1.807) is 0 Å². The molecule has 0 heterocycles. The van der Waals surface area contributed by atoms with Crippen LogP contribution in [0.15, 0.2) is 0 Å². The summed E-state index contributed by atoms with van der Waals surface area (Å²) in [4.78, 5) is 0. The van der Waals surface area contributed by atoms with Crippen molar-refractivity contribution < 1.29 is 42.5 Å². The minimum Gasteiger partial charge on any atom is -0.343 e. The van der Waals surface area contributed by atoms with E-state index < -0.39 is 10.1 Å². The Kier molecular flexibility index (Phi) is 26.7. The van der Waals surface area contributed by atoms with E-state index in [4.69, 9.17) is 4.55 Å².